The summed E-state index contributed by atoms with van der Waals surface area (Å²) in [6.07, 6.45) is 3.13. The molecule has 5 nitrogen and oxygen atoms in total. The van der Waals surface area contributed by atoms with E-state index in [1.807, 2.05) is 18.2 Å². The smallest absolute Gasteiger partial charge is 0.274 e. The van der Waals surface area contributed by atoms with Gasteiger partial charge in [0.1, 0.15) is 5.69 Å². The van der Waals surface area contributed by atoms with Crippen LogP contribution >= 0.6 is 15.9 Å². The number of pyridine rings is 1. The van der Waals surface area contributed by atoms with E-state index in [2.05, 4.69) is 32.8 Å². The van der Waals surface area contributed by atoms with E-state index in [4.69, 9.17) is 4.74 Å². The first kappa shape index (κ1) is 18.7. The van der Waals surface area contributed by atoms with Crippen molar-refractivity contribution in [2.45, 2.75) is 0 Å². The highest BCUT2D eigenvalue weighted by Crippen LogP contribution is 2.44. The number of rotatable bonds is 5. The van der Waals surface area contributed by atoms with Crippen LogP contribution < -0.4 is 10.1 Å². The van der Waals surface area contributed by atoms with Gasteiger partial charge < -0.3 is 15.2 Å². The number of hydrogen-bond donors (Lipinski definition) is 2. The van der Waals surface area contributed by atoms with E-state index in [0.29, 0.717) is 26.9 Å². The summed E-state index contributed by atoms with van der Waals surface area (Å²) < 4.78 is 5.93. The number of para-hydroxylation sites is 1. The lowest BCUT2D eigenvalue weighted by molar-refractivity contribution is 0.102. The molecular weight excluding hydrogens is 408 g/mol. The molecule has 0 spiro atoms. The molecule has 1 aromatic heterocycles. The third-order valence-electron chi connectivity index (χ3n) is 4.00. The second kappa shape index (κ2) is 8.05. The van der Waals surface area contributed by atoms with Crippen molar-refractivity contribution in [3.8, 4) is 22.6 Å². The van der Waals surface area contributed by atoms with Gasteiger partial charge in [-0.25, -0.2) is 0 Å². The molecule has 0 bridgehead atoms. The fraction of sp³-hybridized carbons (Fsp3) is 0.0476. The van der Waals surface area contributed by atoms with E-state index in [-0.39, 0.29) is 23.1 Å². The van der Waals surface area contributed by atoms with Gasteiger partial charge in [0.15, 0.2) is 11.5 Å². The van der Waals surface area contributed by atoms with Crippen molar-refractivity contribution in [3.63, 3.8) is 0 Å². The number of amides is 1. The molecule has 0 aliphatic rings. The standard InChI is InChI=1S/C21H17BrN2O3/c1-3-14-16(22)12-17(27-2)20(25)18(14)15-10-7-11-23-19(15)21(26)24-13-8-5-4-6-9-13/h3-12,25H,1H2,2H3,(H,24,26). The van der Waals surface area contributed by atoms with Crippen molar-refractivity contribution in [2.24, 2.45) is 0 Å². The van der Waals surface area contributed by atoms with Crippen LogP contribution in [0, 0.1) is 0 Å². The molecule has 0 fully saturated rings. The highest BCUT2D eigenvalue weighted by atomic mass is 79.9. The Bertz CT molecular complexity index is 1000. The zero-order valence-electron chi connectivity index (χ0n) is 14.6. The number of phenolic OH excluding ortho intramolecular Hbond substituents is 1. The average Bonchev–Trinajstić information content (AvgIpc) is 2.69. The summed E-state index contributed by atoms with van der Waals surface area (Å²) >= 11 is 3.46. The average molecular weight is 425 g/mol. The summed E-state index contributed by atoms with van der Waals surface area (Å²) in [5.74, 6) is -0.191. The lowest BCUT2D eigenvalue weighted by Gasteiger charge is -2.16. The van der Waals surface area contributed by atoms with Gasteiger partial charge in [-0.2, -0.15) is 0 Å². The molecule has 2 N–H and O–H groups in total. The van der Waals surface area contributed by atoms with Gasteiger partial charge in [0, 0.05) is 27.5 Å². The number of aromatic nitrogens is 1. The topological polar surface area (TPSA) is 71.5 Å². The summed E-state index contributed by atoms with van der Waals surface area (Å²) in [5.41, 5.74) is 2.36. The van der Waals surface area contributed by atoms with E-state index >= 15 is 0 Å². The number of phenols is 1. The Hall–Kier alpha value is -3.12. The van der Waals surface area contributed by atoms with Gasteiger partial charge in [-0.15, -0.1) is 0 Å². The lowest BCUT2D eigenvalue weighted by atomic mass is 9.96. The second-order valence-corrected chi connectivity index (χ2v) is 6.48. The van der Waals surface area contributed by atoms with Crippen molar-refractivity contribution >= 4 is 33.6 Å². The number of nitrogens with zero attached hydrogens (tertiary/aromatic N) is 1. The van der Waals surface area contributed by atoms with Gasteiger partial charge in [-0.3, -0.25) is 9.78 Å². The van der Waals surface area contributed by atoms with Crippen LogP contribution in [0.2, 0.25) is 0 Å². The van der Waals surface area contributed by atoms with Crippen molar-refractivity contribution < 1.29 is 14.6 Å². The van der Waals surface area contributed by atoms with E-state index in [1.165, 1.54) is 13.3 Å². The van der Waals surface area contributed by atoms with Crippen LogP contribution in [-0.2, 0) is 0 Å². The number of benzene rings is 2. The Labute approximate surface area is 165 Å². The van der Waals surface area contributed by atoms with Crippen LogP contribution in [0.5, 0.6) is 11.5 Å². The highest BCUT2D eigenvalue weighted by molar-refractivity contribution is 9.10. The molecule has 0 radical (unpaired) electrons. The van der Waals surface area contributed by atoms with E-state index < -0.39 is 0 Å². The number of aromatic hydroxyl groups is 1. The monoisotopic (exact) mass is 424 g/mol. The lowest BCUT2D eigenvalue weighted by Crippen LogP contribution is -2.15. The van der Waals surface area contributed by atoms with Crippen LogP contribution in [0.4, 0.5) is 5.69 Å². The normalized spacial score (nSPS) is 10.3. The van der Waals surface area contributed by atoms with Crippen molar-refractivity contribution in [1.29, 1.82) is 0 Å². The minimum absolute atomic E-state index is 0.0858. The number of halogens is 1. The largest absolute Gasteiger partial charge is 0.504 e. The molecule has 1 amide bonds. The first-order valence-electron chi connectivity index (χ1n) is 8.10. The fourth-order valence-electron chi connectivity index (χ4n) is 2.76. The van der Waals surface area contributed by atoms with E-state index in [9.17, 15) is 9.90 Å². The van der Waals surface area contributed by atoms with Crippen molar-refractivity contribution in [2.75, 3.05) is 12.4 Å². The Morgan fingerprint density at radius 2 is 2.00 bits per heavy atom. The predicted octanol–water partition coefficient (Wildman–Crippen LogP) is 5.12. The molecule has 3 aromatic rings. The van der Waals surface area contributed by atoms with Crippen molar-refractivity contribution in [1.82, 2.24) is 4.98 Å². The first-order valence-corrected chi connectivity index (χ1v) is 8.89. The molecule has 0 unspecified atom stereocenters. The Balaban J connectivity index is 2.16. The van der Waals surface area contributed by atoms with Crippen LogP contribution in [0.1, 0.15) is 16.1 Å². The molecule has 1 heterocycles. The molecule has 0 saturated heterocycles. The third kappa shape index (κ3) is 3.71. The molecule has 0 saturated carbocycles. The number of methoxy groups -OCH3 is 1. The molecule has 6 heteroatoms. The van der Waals surface area contributed by atoms with Crippen LogP contribution in [-0.4, -0.2) is 23.1 Å². The summed E-state index contributed by atoms with van der Waals surface area (Å²) in [5, 5.41) is 13.5. The number of anilines is 1. The van der Waals surface area contributed by atoms with E-state index in [1.54, 1.807) is 36.4 Å². The van der Waals surface area contributed by atoms with Gasteiger partial charge in [0.2, 0.25) is 0 Å². The molecule has 27 heavy (non-hydrogen) atoms. The Morgan fingerprint density at radius 1 is 1.26 bits per heavy atom. The fourth-order valence-corrected chi connectivity index (χ4v) is 3.33. The minimum Gasteiger partial charge on any atom is -0.504 e. The number of nitrogens with one attached hydrogen (secondary N) is 1. The van der Waals surface area contributed by atoms with Gasteiger partial charge in [0.25, 0.3) is 5.91 Å². The predicted molar refractivity (Wildman–Crippen MR) is 110 cm³/mol. The summed E-state index contributed by atoms with van der Waals surface area (Å²) in [7, 11) is 1.46. The van der Waals surface area contributed by atoms with Crippen molar-refractivity contribution in [3.05, 3.63) is 77.0 Å². The Kier molecular flexibility index (Phi) is 5.57. The summed E-state index contributed by atoms with van der Waals surface area (Å²) in [4.78, 5) is 17.1. The molecule has 0 aliphatic carbocycles. The maximum absolute atomic E-state index is 12.8. The Morgan fingerprint density at radius 3 is 2.67 bits per heavy atom. The van der Waals surface area contributed by atoms with Gasteiger partial charge in [-0.1, -0.05) is 52.9 Å². The van der Waals surface area contributed by atoms with Crippen LogP contribution in [0.15, 0.2) is 65.8 Å². The van der Waals surface area contributed by atoms with Gasteiger partial charge in [0.05, 0.1) is 7.11 Å². The van der Waals surface area contributed by atoms with E-state index in [0.717, 1.165) is 0 Å². The SMILES string of the molecule is C=Cc1c(Br)cc(OC)c(O)c1-c1cccnc1C(=O)Nc1ccccc1. The quantitative estimate of drug-likeness (QED) is 0.595. The van der Waals surface area contributed by atoms with Crippen LogP contribution in [0.3, 0.4) is 0 Å². The molecule has 0 aliphatic heterocycles. The van der Waals surface area contributed by atoms with Gasteiger partial charge >= 0.3 is 0 Å². The molecule has 136 valence electrons. The zero-order valence-corrected chi connectivity index (χ0v) is 16.2. The molecule has 2 aromatic carbocycles. The summed E-state index contributed by atoms with van der Waals surface area (Å²) in [6.45, 7) is 3.81. The third-order valence-corrected chi connectivity index (χ3v) is 4.66. The van der Waals surface area contributed by atoms with Gasteiger partial charge in [-0.05, 0) is 29.8 Å². The van der Waals surface area contributed by atoms with Crippen LogP contribution in [0.25, 0.3) is 17.2 Å². The second-order valence-electron chi connectivity index (χ2n) is 5.62. The number of carbonyl (C=O) groups is 1. The molecule has 0 atom stereocenters. The summed E-state index contributed by atoms with van der Waals surface area (Å²) in [6, 6.07) is 14.2. The minimum atomic E-state index is -0.384. The number of ether oxygens (including phenoxy) is 1. The zero-order chi connectivity index (χ0) is 19.4. The number of hydrogen-bond acceptors (Lipinski definition) is 4. The first-order chi connectivity index (χ1) is 13.1. The number of carbonyl (C=O) groups excluding carboxylic acids is 1. The highest BCUT2D eigenvalue weighted by Gasteiger charge is 2.22. The molecule has 3 rings (SSSR count). The molecular formula is C21H17BrN2O3. The maximum Gasteiger partial charge on any atom is 0.274 e. The maximum atomic E-state index is 12.8.